The lowest BCUT2D eigenvalue weighted by atomic mass is 9.91. The topological polar surface area (TPSA) is 14.2 Å². The van der Waals surface area contributed by atoms with E-state index in [1.54, 1.807) is 0 Å². The van der Waals surface area contributed by atoms with Gasteiger partial charge in [-0.3, -0.25) is 0 Å². The van der Waals surface area contributed by atoms with E-state index in [9.17, 15) is 0 Å². The fourth-order valence-corrected chi connectivity index (χ4v) is 7.37. The van der Waals surface area contributed by atoms with Crippen molar-refractivity contribution in [3.63, 3.8) is 0 Å². The molecule has 8 aromatic rings. The first kappa shape index (κ1) is 30.4. The number of para-hydroxylation sites is 3. The molecule has 1 aliphatic heterocycles. The molecule has 51 heavy (non-hydrogen) atoms. The number of rotatable bonds is 5. The Hall–Kier alpha value is -6.64. The molecule has 2 heteroatoms. The molecule has 0 radical (unpaired) electrons. The summed E-state index contributed by atoms with van der Waals surface area (Å²) >= 11 is 0. The van der Waals surface area contributed by atoms with E-state index in [0.29, 0.717) is 6.61 Å². The Kier molecular flexibility index (Phi) is 7.75. The second kappa shape index (κ2) is 13.0. The molecule has 2 heterocycles. The largest absolute Gasteiger partial charge is 0.489 e. The summed E-state index contributed by atoms with van der Waals surface area (Å²) in [6, 6.07) is 60.4. The fraction of sp³-hybridized carbons (Fsp3) is 0.0204. The van der Waals surface area contributed by atoms with Gasteiger partial charge in [0.1, 0.15) is 12.4 Å². The Morgan fingerprint density at radius 2 is 1.10 bits per heavy atom. The summed E-state index contributed by atoms with van der Waals surface area (Å²) in [5, 5.41) is 2.45. The third-order valence-electron chi connectivity index (χ3n) is 9.79. The number of hydrogen-bond acceptors (Lipinski definition) is 1. The lowest BCUT2D eigenvalue weighted by molar-refractivity contribution is 0.362. The van der Waals surface area contributed by atoms with E-state index in [-0.39, 0.29) is 0 Å². The third-order valence-corrected chi connectivity index (χ3v) is 9.79. The second-order valence-electron chi connectivity index (χ2n) is 13.0. The van der Waals surface area contributed by atoms with Crippen LogP contribution < -0.4 is 4.74 Å². The summed E-state index contributed by atoms with van der Waals surface area (Å²) in [7, 11) is 0. The van der Waals surface area contributed by atoms with Gasteiger partial charge in [0.2, 0.25) is 0 Å². The summed E-state index contributed by atoms with van der Waals surface area (Å²) in [4.78, 5) is 0. The molecule has 0 amide bonds. The van der Waals surface area contributed by atoms with Crippen LogP contribution in [0.5, 0.6) is 5.75 Å². The number of nitrogens with zero attached hydrogens (tertiary/aromatic N) is 1. The second-order valence-corrected chi connectivity index (χ2v) is 13.0. The van der Waals surface area contributed by atoms with Crippen LogP contribution in [0.3, 0.4) is 0 Å². The molecule has 1 aliphatic rings. The number of benzene rings is 7. The number of hydrogen-bond donors (Lipinski definition) is 0. The third kappa shape index (κ3) is 5.67. The van der Waals surface area contributed by atoms with Crippen molar-refractivity contribution >= 4 is 33.0 Å². The van der Waals surface area contributed by atoms with Crippen molar-refractivity contribution in [2.75, 3.05) is 6.61 Å². The van der Waals surface area contributed by atoms with Gasteiger partial charge in [-0.05, 0) is 105 Å². The summed E-state index contributed by atoms with van der Waals surface area (Å²) in [6.45, 7) is 5.10. The normalized spacial score (nSPS) is 14.5. The van der Waals surface area contributed by atoms with Gasteiger partial charge in [-0.25, -0.2) is 0 Å². The molecular weight excluding hydrogens is 619 g/mol. The standard InChI is InChI=1S/C49H35NO/c1-34-29-38(43-23-13-24-45-44-22-11-12-25-47(44)50(49(43)45)42-20-9-4-10-21-42)19-14-28-51-48-27-26-37(33-46(34)48)41-31-39(35-15-5-2-6-16-35)30-40(32-41)36-17-7-3-8-18-36/h2-27,29-33H,1,28H2/b19-14-,38-29+. The zero-order chi connectivity index (χ0) is 34.1. The van der Waals surface area contributed by atoms with E-state index >= 15 is 0 Å². The summed E-state index contributed by atoms with van der Waals surface area (Å²) in [6.07, 6.45) is 6.49. The molecule has 7 aromatic carbocycles. The SMILES string of the molecule is C=C1/C=C(c2cccc3c4ccccc4n(-c4ccccc4)c23)\C=C/COc2ccc(-c3cc(-c4ccccc4)cc(-c4ccccc4)c3)cc21. The Bertz CT molecular complexity index is 2570. The van der Waals surface area contributed by atoms with Crippen molar-refractivity contribution in [1.82, 2.24) is 4.57 Å². The van der Waals surface area contributed by atoms with Crippen molar-refractivity contribution in [2.45, 2.75) is 0 Å². The van der Waals surface area contributed by atoms with Gasteiger partial charge in [0, 0.05) is 27.6 Å². The van der Waals surface area contributed by atoms with Crippen LogP contribution >= 0.6 is 0 Å². The predicted molar refractivity (Wildman–Crippen MR) is 215 cm³/mol. The number of aromatic nitrogens is 1. The molecule has 0 bridgehead atoms. The number of fused-ring (bicyclic) bond motifs is 4. The highest BCUT2D eigenvalue weighted by molar-refractivity contribution is 6.13. The molecule has 9 rings (SSSR count). The zero-order valence-electron chi connectivity index (χ0n) is 28.2. The minimum Gasteiger partial charge on any atom is -0.489 e. The smallest absolute Gasteiger partial charge is 0.127 e. The van der Waals surface area contributed by atoms with Crippen LogP contribution in [-0.4, -0.2) is 11.2 Å². The van der Waals surface area contributed by atoms with Gasteiger partial charge >= 0.3 is 0 Å². The van der Waals surface area contributed by atoms with Gasteiger partial charge in [-0.2, -0.15) is 0 Å². The van der Waals surface area contributed by atoms with Crippen LogP contribution in [0.2, 0.25) is 0 Å². The summed E-state index contributed by atoms with van der Waals surface area (Å²) in [5.74, 6) is 0.824. The highest BCUT2D eigenvalue weighted by Gasteiger charge is 2.18. The molecule has 1 aromatic heterocycles. The van der Waals surface area contributed by atoms with Gasteiger partial charge in [0.25, 0.3) is 0 Å². The van der Waals surface area contributed by atoms with Crippen molar-refractivity contribution in [1.29, 1.82) is 0 Å². The number of ether oxygens (including phenoxy) is 1. The Morgan fingerprint density at radius 3 is 1.80 bits per heavy atom. The fourth-order valence-electron chi connectivity index (χ4n) is 7.37. The molecule has 0 saturated carbocycles. The summed E-state index contributed by atoms with van der Waals surface area (Å²) < 4.78 is 8.77. The highest BCUT2D eigenvalue weighted by atomic mass is 16.5. The van der Waals surface area contributed by atoms with E-state index in [1.807, 2.05) is 0 Å². The molecule has 0 aliphatic carbocycles. The van der Waals surface area contributed by atoms with Gasteiger partial charge < -0.3 is 9.30 Å². The first-order valence-corrected chi connectivity index (χ1v) is 17.4. The van der Waals surface area contributed by atoms with E-state index in [0.717, 1.165) is 44.8 Å². The average Bonchev–Trinajstić information content (AvgIpc) is 3.57. The van der Waals surface area contributed by atoms with Crippen molar-refractivity contribution < 1.29 is 4.74 Å². The Morgan fingerprint density at radius 1 is 0.490 bits per heavy atom. The number of allylic oxidation sites excluding steroid dienone is 4. The minimum absolute atomic E-state index is 0.455. The minimum atomic E-state index is 0.455. The van der Waals surface area contributed by atoms with E-state index in [1.165, 1.54) is 44.1 Å². The first-order valence-electron chi connectivity index (χ1n) is 17.4. The predicted octanol–water partition coefficient (Wildman–Crippen LogP) is 12.8. The lowest BCUT2D eigenvalue weighted by Gasteiger charge is -2.15. The molecule has 0 fully saturated rings. The first-order chi connectivity index (χ1) is 25.2. The maximum absolute atomic E-state index is 6.38. The van der Waals surface area contributed by atoms with Crippen molar-refractivity contribution in [3.05, 3.63) is 206 Å². The van der Waals surface area contributed by atoms with Gasteiger partial charge in [0.15, 0.2) is 0 Å². The molecule has 242 valence electrons. The van der Waals surface area contributed by atoms with Crippen LogP contribution in [0.4, 0.5) is 0 Å². The van der Waals surface area contributed by atoms with Gasteiger partial charge in [0.05, 0.1) is 11.0 Å². The lowest BCUT2D eigenvalue weighted by Crippen LogP contribution is -1.97. The van der Waals surface area contributed by atoms with Crippen molar-refractivity contribution in [2.24, 2.45) is 0 Å². The molecule has 0 atom stereocenters. The molecule has 0 saturated heterocycles. The quantitative estimate of drug-likeness (QED) is 0.180. The molecular formula is C49H35NO. The zero-order valence-corrected chi connectivity index (χ0v) is 28.2. The van der Waals surface area contributed by atoms with Crippen LogP contribution in [-0.2, 0) is 0 Å². The highest BCUT2D eigenvalue weighted by Crippen LogP contribution is 2.40. The maximum atomic E-state index is 6.38. The van der Waals surface area contributed by atoms with E-state index in [4.69, 9.17) is 4.74 Å². The van der Waals surface area contributed by atoms with E-state index < -0.39 is 0 Å². The van der Waals surface area contributed by atoms with E-state index in [2.05, 4.69) is 199 Å². The maximum Gasteiger partial charge on any atom is 0.127 e. The monoisotopic (exact) mass is 653 g/mol. The average molecular weight is 654 g/mol. The molecule has 0 spiro atoms. The Labute approximate surface area is 298 Å². The summed E-state index contributed by atoms with van der Waals surface area (Å²) in [5.41, 5.74) is 14.6. The molecule has 0 N–H and O–H groups in total. The van der Waals surface area contributed by atoms with Gasteiger partial charge in [-0.1, -0.05) is 134 Å². The van der Waals surface area contributed by atoms with Gasteiger partial charge in [-0.15, -0.1) is 0 Å². The molecule has 0 unspecified atom stereocenters. The van der Waals surface area contributed by atoms with Crippen LogP contribution in [0.25, 0.3) is 72.0 Å². The Balaban J connectivity index is 1.19. The van der Waals surface area contributed by atoms with Crippen molar-refractivity contribution in [3.8, 4) is 44.8 Å². The van der Waals surface area contributed by atoms with Crippen LogP contribution in [0.15, 0.2) is 195 Å². The van der Waals surface area contributed by atoms with Crippen LogP contribution in [0.1, 0.15) is 11.1 Å². The van der Waals surface area contributed by atoms with Crippen LogP contribution in [0, 0.1) is 0 Å². The molecule has 2 nitrogen and oxygen atoms in total.